The van der Waals surface area contributed by atoms with Crippen LogP contribution in [0.3, 0.4) is 0 Å². The van der Waals surface area contributed by atoms with Crippen LogP contribution in [0.25, 0.3) is 0 Å². The van der Waals surface area contributed by atoms with Crippen LogP contribution in [0.4, 0.5) is 0 Å². The molecule has 0 unspecified atom stereocenters. The van der Waals surface area contributed by atoms with E-state index in [0.29, 0.717) is 18.2 Å². The summed E-state index contributed by atoms with van der Waals surface area (Å²) in [6.07, 6.45) is 3.53. The van der Waals surface area contributed by atoms with Crippen molar-refractivity contribution in [1.29, 1.82) is 0 Å². The van der Waals surface area contributed by atoms with Gasteiger partial charge < -0.3 is 9.84 Å². The number of aromatic carboxylic acids is 1. The van der Waals surface area contributed by atoms with Gasteiger partial charge in [0.1, 0.15) is 0 Å². The third-order valence-corrected chi connectivity index (χ3v) is 2.62. The minimum atomic E-state index is -0.969. The quantitative estimate of drug-likeness (QED) is 0.631. The Balaban J connectivity index is 2.94. The minimum absolute atomic E-state index is 0.207. The summed E-state index contributed by atoms with van der Waals surface area (Å²) in [5.74, 6) is -0.599. The molecule has 0 radical (unpaired) electrons. The molecule has 1 aromatic heterocycles. The Morgan fingerprint density at radius 2 is 2.16 bits per heavy atom. The summed E-state index contributed by atoms with van der Waals surface area (Å²) in [6.45, 7) is 10.1. The van der Waals surface area contributed by atoms with E-state index in [1.165, 1.54) is 6.07 Å². The Hall–Kier alpha value is -1.84. The minimum Gasteiger partial charge on any atom is -0.478 e. The highest BCUT2D eigenvalue weighted by molar-refractivity contribution is 5.88. The highest BCUT2D eigenvalue weighted by Crippen LogP contribution is 2.24. The first-order valence-electron chi connectivity index (χ1n) is 6.34. The number of rotatable bonds is 6. The molecule has 4 heteroatoms. The maximum Gasteiger partial charge on any atom is 0.335 e. The molecular weight excluding hydrogens is 242 g/mol. The summed E-state index contributed by atoms with van der Waals surface area (Å²) in [4.78, 5) is 15.5. The van der Waals surface area contributed by atoms with Crippen LogP contribution in [-0.2, 0) is 5.41 Å². The van der Waals surface area contributed by atoms with Gasteiger partial charge in [0.05, 0.1) is 17.9 Å². The molecule has 0 aliphatic rings. The average Bonchev–Trinajstić information content (AvgIpc) is 2.33. The lowest BCUT2D eigenvalue weighted by molar-refractivity contribution is 0.0696. The summed E-state index contributed by atoms with van der Waals surface area (Å²) in [5, 5.41) is 9.11. The molecule has 1 aromatic rings. The molecule has 0 bridgehead atoms. The van der Waals surface area contributed by atoms with Crippen molar-refractivity contribution >= 4 is 5.97 Å². The zero-order chi connectivity index (χ0) is 14.5. The summed E-state index contributed by atoms with van der Waals surface area (Å²) in [6, 6.07) is 3.06. The lowest BCUT2D eigenvalue weighted by Crippen LogP contribution is -2.16. The summed E-state index contributed by atoms with van der Waals surface area (Å²) in [7, 11) is 0. The van der Waals surface area contributed by atoms with Crippen molar-refractivity contribution in [2.45, 2.75) is 39.0 Å². The first-order valence-corrected chi connectivity index (χ1v) is 6.34. The fraction of sp³-hybridized carbons (Fsp3) is 0.467. The average molecular weight is 263 g/mol. The van der Waals surface area contributed by atoms with Crippen molar-refractivity contribution in [2.24, 2.45) is 0 Å². The monoisotopic (exact) mass is 263 g/mol. The van der Waals surface area contributed by atoms with Gasteiger partial charge in [-0.3, -0.25) is 0 Å². The Morgan fingerprint density at radius 3 is 2.68 bits per heavy atom. The molecule has 0 aliphatic heterocycles. The number of hydrogen-bond acceptors (Lipinski definition) is 3. The highest BCUT2D eigenvalue weighted by atomic mass is 16.5. The van der Waals surface area contributed by atoms with Crippen molar-refractivity contribution < 1.29 is 14.6 Å². The van der Waals surface area contributed by atoms with E-state index in [1.54, 1.807) is 6.07 Å². The van der Waals surface area contributed by atoms with Crippen LogP contribution in [-0.4, -0.2) is 22.7 Å². The van der Waals surface area contributed by atoms with Crippen LogP contribution < -0.4 is 4.74 Å². The van der Waals surface area contributed by atoms with E-state index in [2.05, 4.69) is 11.6 Å². The molecule has 1 rings (SSSR count). The van der Waals surface area contributed by atoms with Crippen LogP contribution in [0, 0.1) is 0 Å². The number of aromatic nitrogens is 1. The van der Waals surface area contributed by atoms with Crippen molar-refractivity contribution in [3.8, 4) is 5.88 Å². The third-order valence-electron chi connectivity index (χ3n) is 2.62. The molecule has 4 nitrogen and oxygen atoms in total. The van der Waals surface area contributed by atoms with Crippen LogP contribution >= 0.6 is 0 Å². The van der Waals surface area contributed by atoms with Gasteiger partial charge in [0.25, 0.3) is 0 Å². The van der Waals surface area contributed by atoms with Gasteiger partial charge >= 0.3 is 5.97 Å². The van der Waals surface area contributed by atoms with Crippen molar-refractivity contribution in [3.63, 3.8) is 0 Å². The molecule has 0 spiro atoms. The second-order valence-corrected chi connectivity index (χ2v) is 5.41. The summed E-state index contributed by atoms with van der Waals surface area (Å²) >= 11 is 0. The fourth-order valence-electron chi connectivity index (χ4n) is 1.49. The second kappa shape index (κ2) is 6.36. The molecule has 0 atom stereocenters. The van der Waals surface area contributed by atoms with E-state index in [9.17, 15) is 4.79 Å². The molecule has 104 valence electrons. The second-order valence-electron chi connectivity index (χ2n) is 5.41. The number of allylic oxidation sites excluding steroid dienone is 1. The molecule has 19 heavy (non-hydrogen) atoms. The fourth-order valence-corrected chi connectivity index (χ4v) is 1.49. The zero-order valence-electron chi connectivity index (χ0n) is 11.8. The van der Waals surface area contributed by atoms with Gasteiger partial charge in [-0.15, -0.1) is 6.58 Å². The maximum absolute atomic E-state index is 11.1. The number of carboxylic acids is 1. The number of carboxylic acid groups (broad SMARTS) is 1. The van der Waals surface area contributed by atoms with Gasteiger partial charge in [-0.2, -0.15) is 0 Å². The molecule has 1 N–H and O–H groups in total. The molecule has 0 amide bonds. The number of unbranched alkanes of at least 4 members (excludes halogenated alkanes) is 1. The SMILES string of the molecule is C=CCCCOc1cc(C(=O)O)cc(C(C)(C)C)n1. The maximum atomic E-state index is 11.1. The normalized spacial score (nSPS) is 11.1. The molecule has 0 aliphatic carbocycles. The van der Waals surface area contributed by atoms with Gasteiger partial charge in [-0.05, 0) is 18.9 Å². The number of ether oxygens (including phenoxy) is 1. The Bertz CT molecular complexity index is 461. The summed E-state index contributed by atoms with van der Waals surface area (Å²) < 4.78 is 5.51. The van der Waals surface area contributed by atoms with Crippen LogP contribution in [0.15, 0.2) is 24.8 Å². The van der Waals surface area contributed by atoms with E-state index < -0.39 is 5.97 Å². The molecule has 0 aromatic carbocycles. The topological polar surface area (TPSA) is 59.4 Å². The Labute approximate surface area is 114 Å². The Morgan fingerprint density at radius 1 is 1.47 bits per heavy atom. The van der Waals surface area contributed by atoms with Crippen molar-refractivity contribution in [2.75, 3.05) is 6.61 Å². The van der Waals surface area contributed by atoms with E-state index in [-0.39, 0.29) is 11.0 Å². The first kappa shape index (κ1) is 15.2. The molecule has 0 fully saturated rings. The van der Waals surface area contributed by atoms with Crippen molar-refractivity contribution in [1.82, 2.24) is 4.98 Å². The Kier molecular flexibility index (Phi) is 5.10. The highest BCUT2D eigenvalue weighted by Gasteiger charge is 2.19. The van der Waals surface area contributed by atoms with Gasteiger partial charge in [-0.25, -0.2) is 9.78 Å². The molecule has 0 saturated heterocycles. The lowest BCUT2D eigenvalue weighted by atomic mass is 9.91. The number of carbonyl (C=O) groups is 1. The van der Waals surface area contributed by atoms with Crippen LogP contribution in [0.1, 0.15) is 49.7 Å². The molecule has 1 heterocycles. The van der Waals surface area contributed by atoms with E-state index >= 15 is 0 Å². The number of hydrogen-bond donors (Lipinski definition) is 1. The largest absolute Gasteiger partial charge is 0.478 e. The number of pyridine rings is 1. The molecule has 0 saturated carbocycles. The van der Waals surface area contributed by atoms with Gasteiger partial charge in [0, 0.05) is 11.5 Å². The van der Waals surface area contributed by atoms with Gasteiger partial charge in [0.15, 0.2) is 0 Å². The van der Waals surface area contributed by atoms with Crippen LogP contribution in [0.2, 0.25) is 0 Å². The summed E-state index contributed by atoms with van der Waals surface area (Å²) in [5.41, 5.74) is 0.704. The van der Waals surface area contributed by atoms with E-state index in [4.69, 9.17) is 9.84 Å². The van der Waals surface area contributed by atoms with Gasteiger partial charge in [0.2, 0.25) is 5.88 Å². The first-order chi connectivity index (χ1) is 8.84. The van der Waals surface area contributed by atoms with Crippen molar-refractivity contribution in [3.05, 3.63) is 36.0 Å². The van der Waals surface area contributed by atoms with Crippen LogP contribution in [0.5, 0.6) is 5.88 Å². The third kappa shape index (κ3) is 4.73. The van der Waals surface area contributed by atoms with Gasteiger partial charge in [-0.1, -0.05) is 26.8 Å². The van der Waals surface area contributed by atoms with E-state index in [0.717, 1.165) is 12.8 Å². The smallest absolute Gasteiger partial charge is 0.335 e. The lowest BCUT2D eigenvalue weighted by Gasteiger charge is -2.19. The predicted molar refractivity (Wildman–Crippen MR) is 74.8 cm³/mol. The molecular formula is C15H21NO3. The zero-order valence-corrected chi connectivity index (χ0v) is 11.8. The predicted octanol–water partition coefficient (Wildman–Crippen LogP) is 3.42. The number of nitrogens with zero attached hydrogens (tertiary/aromatic N) is 1. The standard InChI is InChI=1S/C15H21NO3/c1-5-6-7-8-19-13-10-11(14(17)18)9-12(16-13)15(2,3)4/h5,9-10H,1,6-8H2,2-4H3,(H,17,18). The van der Waals surface area contributed by atoms with E-state index in [1.807, 2.05) is 26.8 Å².